The van der Waals surface area contributed by atoms with Gasteiger partial charge in [-0.2, -0.15) is 5.26 Å². The Kier molecular flexibility index (Phi) is 4.18. The molecule has 1 atom stereocenters. The molecule has 4 heteroatoms. The van der Waals surface area contributed by atoms with Crippen molar-refractivity contribution >= 4 is 11.1 Å². The summed E-state index contributed by atoms with van der Waals surface area (Å²) in [5.74, 6) is 0.791. The number of hydrogen-bond donors (Lipinski definition) is 0. The number of nitriles is 1. The molecule has 0 saturated heterocycles. The van der Waals surface area contributed by atoms with E-state index in [1.807, 2.05) is 27.0 Å². The lowest BCUT2D eigenvalue weighted by Gasteiger charge is -2.18. The Bertz CT molecular complexity index is 597. The van der Waals surface area contributed by atoms with Crippen molar-refractivity contribution < 1.29 is 4.42 Å². The third-order valence-electron chi connectivity index (χ3n) is 3.22. The van der Waals surface area contributed by atoms with Gasteiger partial charge >= 0.3 is 0 Å². The van der Waals surface area contributed by atoms with Crippen LogP contribution in [0.3, 0.4) is 0 Å². The lowest BCUT2D eigenvalue weighted by atomic mass is 10.1. The zero-order valence-corrected chi connectivity index (χ0v) is 11.7. The summed E-state index contributed by atoms with van der Waals surface area (Å²) in [5.41, 5.74) is 2.92. The van der Waals surface area contributed by atoms with Crippen LogP contribution in [0.1, 0.15) is 24.8 Å². The molecule has 0 spiro atoms. The molecule has 0 aliphatic carbocycles. The minimum atomic E-state index is 0.100. The summed E-state index contributed by atoms with van der Waals surface area (Å²) in [6.07, 6.45) is 0.891. The quantitative estimate of drug-likeness (QED) is 0.825. The van der Waals surface area contributed by atoms with Gasteiger partial charge in [-0.15, -0.1) is 0 Å². The minimum absolute atomic E-state index is 0.100. The highest BCUT2D eigenvalue weighted by atomic mass is 16.3. The molecule has 1 aromatic carbocycles. The van der Waals surface area contributed by atoms with Crippen molar-refractivity contribution in [2.45, 2.75) is 26.8 Å². The molecule has 19 heavy (non-hydrogen) atoms. The van der Waals surface area contributed by atoms with Crippen molar-refractivity contribution in [2.24, 2.45) is 5.92 Å². The van der Waals surface area contributed by atoms with Crippen LogP contribution >= 0.6 is 0 Å². The van der Waals surface area contributed by atoms with Crippen LogP contribution in [0.25, 0.3) is 11.1 Å². The first kappa shape index (κ1) is 13.6. The maximum atomic E-state index is 8.99. The van der Waals surface area contributed by atoms with Crippen molar-refractivity contribution in [3.05, 3.63) is 29.7 Å². The maximum Gasteiger partial charge on any atom is 0.192 e. The molecule has 0 amide bonds. The highest BCUT2D eigenvalue weighted by molar-refractivity contribution is 5.73. The average molecular weight is 257 g/mol. The van der Waals surface area contributed by atoms with E-state index in [1.54, 1.807) is 0 Å². The van der Waals surface area contributed by atoms with Gasteiger partial charge in [-0.1, -0.05) is 13.0 Å². The largest absolute Gasteiger partial charge is 0.441 e. The van der Waals surface area contributed by atoms with Gasteiger partial charge in [0.1, 0.15) is 5.52 Å². The van der Waals surface area contributed by atoms with Crippen molar-refractivity contribution in [3.63, 3.8) is 0 Å². The second kappa shape index (κ2) is 5.85. The summed E-state index contributed by atoms with van der Waals surface area (Å²) in [6.45, 7) is 5.51. The number of benzene rings is 1. The molecule has 0 saturated carbocycles. The van der Waals surface area contributed by atoms with Crippen molar-refractivity contribution in [1.82, 2.24) is 9.88 Å². The van der Waals surface area contributed by atoms with E-state index in [0.717, 1.165) is 30.6 Å². The number of hydrogen-bond acceptors (Lipinski definition) is 4. The number of rotatable bonds is 5. The summed E-state index contributed by atoms with van der Waals surface area (Å²) in [4.78, 5) is 6.51. The molecule has 0 aliphatic rings. The molecule has 0 bridgehead atoms. The van der Waals surface area contributed by atoms with E-state index in [1.165, 1.54) is 5.56 Å². The van der Waals surface area contributed by atoms with Gasteiger partial charge in [0, 0.05) is 20.0 Å². The number of aromatic nitrogens is 1. The van der Waals surface area contributed by atoms with Gasteiger partial charge in [-0.3, -0.25) is 0 Å². The van der Waals surface area contributed by atoms with Gasteiger partial charge in [0.15, 0.2) is 11.5 Å². The first-order valence-electron chi connectivity index (χ1n) is 6.56. The Morgan fingerprint density at radius 3 is 2.95 bits per heavy atom. The van der Waals surface area contributed by atoms with Crippen molar-refractivity contribution in [3.8, 4) is 6.07 Å². The SMILES string of the molecule is CCC(C#N)CN(C)Cc1ccc2oc(C)nc2c1. The molecular formula is C15H19N3O. The van der Waals surface area contributed by atoms with E-state index in [4.69, 9.17) is 9.68 Å². The second-order valence-electron chi connectivity index (χ2n) is 4.97. The molecule has 0 N–H and O–H groups in total. The molecule has 2 rings (SSSR count). The number of oxazole rings is 1. The summed E-state index contributed by atoms with van der Waals surface area (Å²) >= 11 is 0. The summed E-state index contributed by atoms with van der Waals surface area (Å²) in [6, 6.07) is 8.39. The fourth-order valence-corrected chi connectivity index (χ4v) is 2.20. The molecule has 2 aromatic rings. The van der Waals surface area contributed by atoms with Crippen molar-refractivity contribution in [1.29, 1.82) is 5.26 Å². The Morgan fingerprint density at radius 1 is 1.47 bits per heavy atom. The third-order valence-corrected chi connectivity index (χ3v) is 3.22. The van der Waals surface area contributed by atoms with Gasteiger partial charge in [0.25, 0.3) is 0 Å². The van der Waals surface area contributed by atoms with Crippen molar-refractivity contribution in [2.75, 3.05) is 13.6 Å². The molecular weight excluding hydrogens is 238 g/mol. The molecule has 0 fully saturated rings. The van der Waals surface area contributed by atoms with E-state index in [0.29, 0.717) is 5.89 Å². The smallest absolute Gasteiger partial charge is 0.192 e. The summed E-state index contributed by atoms with van der Waals surface area (Å²) < 4.78 is 5.46. The average Bonchev–Trinajstić information content (AvgIpc) is 2.75. The number of aryl methyl sites for hydroxylation is 1. The normalized spacial score (nSPS) is 12.8. The molecule has 1 heterocycles. The minimum Gasteiger partial charge on any atom is -0.441 e. The van der Waals surface area contributed by atoms with E-state index in [-0.39, 0.29) is 5.92 Å². The Morgan fingerprint density at radius 2 is 2.26 bits per heavy atom. The van der Waals surface area contributed by atoms with Crippen LogP contribution < -0.4 is 0 Å². The molecule has 100 valence electrons. The predicted octanol–water partition coefficient (Wildman–Crippen LogP) is 3.12. The molecule has 0 radical (unpaired) electrons. The lowest BCUT2D eigenvalue weighted by Crippen LogP contribution is -2.24. The molecule has 0 aliphatic heterocycles. The Balaban J connectivity index is 2.06. The topological polar surface area (TPSA) is 53.1 Å². The molecule has 1 aromatic heterocycles. The zero-order chi connectivity index (χ0) is 13.8. The lowest BCUT2D eigenvalue weighted by molar-refractivity contribution is 0.292. The van der Waals surface area contributed by atoms with Gasteiger partial charge in [0.2, 0.25) is 0 Å². The Labute approximate surface area is 113 Å². The van der Waals surface area contributed by atoms with Crippen LogP contribution in [0.2, 0.25) is 0 Å². The summed E-state index contributed by atoms with van der Waals surface area (Å²) in [7, 11) is 2.04. The highest BCUT2D eigenvalue weighted by Gasteiger charge is 2.10. The summed E-state index contributed by atoms with van der Waals surface area (Å²) in [5, 5.41) is 8.99. The zero-order valence-electron chi connectivity index (χ0n) is 11.7. The first-order valence-corrected chi connectivity index (χ1v) is 6.56. The first-order chi connectivity index (χ1) is 9.12. The molecule has 4 nitrogen and oxygen atoms in total. The van der Waals surface area contributed by atoms with Crippen LogP contribution in [-0.4, -0.2) is 23.5 Å². The maximum absolute atomic E-state index is 8.99. The van der Waals surface area contributed by atoms with E-state index < -0.39 is 0 Å². The number of nitrogens with zero attached hydrogens (tertiary/aromatic N) is 3. The van der Waals surface area contributed by atoms with E-state index in [2.05, 4.69) is 28.1 Å². The fourth-order valence-electron chi connectivity index (χ4n) is 2.20. The van der Waals surface area contributed by atoms with Crippen LogP contribution in [0, 0.1) is 24.2 Å². The monoisotopic (exact) mass is 257 g/mol. The van der Waals surface area contributed by atoms with E-state index >= 15 is 0 Å². The van der Waals surface area contributed by atoms with E-state index in [9.17, 15) is 0 Å². The Hall–Kier alpha value is -1.86. The van der Waals surface area contributed by atoms with Crippen LogP contribution in [-0.2, 0) is 6.54 Å². The highest BCUT2D eigenvalue weighted by Crippen LogP contribution is 2.18. The standard InChI is InChI=1S/C15H19N3O/c1-4-12(8-16)9-18(3)10-13-5-6-15-14(7-13)17-11(2)19-15/h5-7,12H,4,9-10H2,1-3H3. The van der Waals surface area contributed by atoms with Gasteiger partial charge in [0.05, 0.1) is 12.0 Å². The predicted molar refractivity (Wildman–Crippen MR) is 74.5 cm³/mol. The van der Waals surface area contributed by atoms with Gasteiger partial charge < -0.3 is 9.32 Å². The molecule has 1 unspecified atom stereocenters. The van der Waals surface area contributed by atoms with Crippen LogP contribution in [0.4, 0.5) is 0 Å². The second-order valence-corrected chi connectivity index (χ2v) is 4.97. The number of fused-ring (bicyclic) bond motifs is 1. The van der Waals surface area contributed by atoms with Crippen LogP contribution in [0.5, 0.6) is 0 Å². The fraction of sp³-hybridized carbons (Fsp3) is 0.467. The van der Waals surface area contributed by atoms with Crippen LogP contribution in [0.15, 0.2) is 22.6 Å². The third kappa shape index (κ3) is 3.33. The van der Waals surface area contributed by atoms with Gasteiger partial charge in [-0.25, -0.2) is 4.98 Å². The van der Waals surface area contributed by atoms with Gasteiger partial charge in [-0.05, 0) is 31.2 Å².